The van der Waals surface area contributed by atoms with Crippen LogP contribution in [0.25, 0.3) is 11.0 Å². The highest BCUT2D eigenvalue weighted by Crippen LogP contribution is 2.34. The highest BCUT2D eigenvalue weighted by Gasteiger charge is 2.13. The highest BCUT2D eigenvalue weighted by molar-refractivity contribution is 9.10. The molecule has 96 valence electrons. The second kappa shape index (κ2) is 4.51. The predicted molar refractivity (Wildman–Crippen MR) is 70.4 cm³/mol. The van der Waals surface area contributed by atoms with Crippen molar-refractivity contribution in [3.8, 4) is 11.5 Å². The summed E-state index contributed by atoms with van der Waals surface area (Å²) in [7, 11) is 0. The minimum atomic E-state index is -0.400. The number of rotatable bonds is 2. The van der Waals surface area contributed by atoms with Crippen molar-refractivity contribution in [3.05, 3.63) is 40.6 Å². The van der Waals surface area contributed by atoms with Gasteiger partial charge in [0.05, 0.1) is 10.2 Å². The van der Waals surface area contributed by atoms with Crippen molar-refractivity contribution in [1.82, 2.24) is 10.3 Å². The number of anilines is 1. The van der Waals surface area contributed by atoms with Gasteiger partial charge in [-0.1, -0.05) is 0 Å². The molecule has 1 heterocycles. The first-order valence-electron chi connectivity index (χ1n) is 5.29. The van der Waals surface area contributed by atoms with E-state index in [1.54, 1.807) is 18.2 Å². The number of hydrogen-bond acceptors (Lipinski definition) is 5. The van der Waals surface area contributed by atoms with Crippen molar-refractivity contribution in [3.63, 3.8) is 0 Å². The molecule has 1 aromatic heterocycles. The Morgan fingerprint density at radius 3 is 2.74 bits per heavy atom. The molecule has 0 spiro atoms. The lowest BCUT2D eigenvalue weighted by Crippen LogP contribution is -1.91. The molecule has 0 radical (unpaired) electrons. The van der Waals surface area contributed by atoms with Crippen LogP contribution in [-0.2, 0) is 0 Å². The number of ether oxygens (including phenoxy) is 1. The molecule has 2 aromatic carbocycles. The third-order valence-corrected chi connectivity index (χ3v) is 3.18. The quantitative estimate of drug-likeness (QED) is 0.730. The zero-order valence-electron chi connectivity index (χ0n) is 9.43. The minimum absolute atomic E-state index is 0.328. The molecular weight excluding hydrogens is 317 g/mol. The van der Waals surface area contributed by atoms with E-state index in [-0.39, 0.29) is 0 Å². The van der Waals surface area contributed by atoms with Crippen molar-refractivity contribution < 1.29 is 13.8 Å². The smallest absolute Gasteiger partial charge is 0.179 e. The Balaban J connectivity index is 2.08. The highest BCUT2D eigenvalue weighted by atomic mass is 79.9. The van der Waals surface area contributed by atoms with Gasteiger partial charge in [-0.3, -0.25) is 0 Å². The van der Waals surface area contributed by atoms with Crippen molar-refractivity contribution in [2.45, 2.75) is 0 Å². The second-order valence-corrected chi connectivity index (χ2v) is 4.65. The number of nitrogens with zero attached hydrogens (tertiary/aromatic N) is 2. The number of halogens is 2. The van der Waals surface area contributed by atoms with E-state index in [9.17, 15) is 4.39 Å². The summed E-state index contributed by atoms with van der Waals surface area (Å²) in [6.07, 6.45) is 0. The van der Waals surface area contributed by atoms with Crippen molar-refractivity contribution in [1.29, 1.82) is 0 Å². The third kappa shape index (κ3) is 2.12. The molecular formula is C12H7BrFN3O2. The number of nitrogen functional groups attached to an aromatic ring is 1. The summed E-state index contributed by atoms with van der Waals surface area (Å²) in [4.78, 5) is 0. The summed E-state index contributed by atoms with van der Waals surface area (Å²) in [6, 6.07) is 7.39. The van der Waals surface area contributed by atoms with E-state index in [2.05, 4.69) is 30.9 Å². The van der Waals surface area contributed by atoms with E-state index in [1.165, 1.54) is 12.1 Å². The Labute approximate surface area is 115 Å². The molecule has 3 aromatic rings. The summed E-state index contributed by atoms with van der Waals surface area (Å²) in [5.41, 5.74) is 6.95. The Kier molecular flexibility index (Phi) is 2.83. The van der Waals surface area contributed by atoms with Crippen LogP contribution in [0.3, 0.4) is 0 Å². The lowest BCUT2D eigenvalue weighted by molar-refractivity contribution is 0.314. The number of aromatic nitrogens is 2. The van der Waals surface area contributed by atoms with Gasteiger partial charge in [0.25, 0.3) is 0 Å². The van der Waals surface area contributed by atoms with Crippen LogP contribution in [0, 0.1) is 5.82 Å². The average molecular weight is 324 g/mol. The minimum Gasteiger partial charge on any atom is -0.454 e. The third-order valence-electron chi connectivity index (χ3n) is 2.52. The van der Waals surface area contributed by atoms with Crippen molar-refractivity contribution >= 4 is 32.7 Å². The van der Waals surface area contributed by atoms with Gasteiger partial charge in [-0.2, -0.15) is 0 Å². The van der Waals surface area contributed by atoms with E-state index < -0.39 is 5.82 Å². The number of nitrogens with two attached hydrogens (primary N) is 1. The van der Waals surface area contributed by atoms with Crippen LogP contribution >= 0.6 is 15.9 Å². The Morgan fingerprint density at radius 1 is 1.11 bits per heavy atom. The summed E-state index contributed by atoms with van der Waals surface area (Å²) >= 11 is 3.28. The van der Waals surface area contributed by atoms with Gasteiger partial charge >= 0.3 is 0 Å². The van der Waals surface area contributed by atoms with Gasteiger partial charge < -0.3 is 10.5 Å². The first-order chi connectivity index (χ1) is 9.15. The van der Waals surface area contributed by atoms with Gasteiger partial charge in [0.1, 0.15) is 11.6 Å². The molecule has 0 aliphatic rings. The van der Waals surface area contributed by atoms with E-state index in [0.29, 0.717) is 32.7 Å². The first-order valence-corrected chi connectivity index (χ1v) is 6.08. The van der Waals surface area contributed by atoms with Crippen LogP contribution in [0.5, 0.6) is 11.5 Å². The second-order valence-electron chi connectivity index (χ2n) is 3.79. The monoisotopic (exact) mass is 323 g/mol. The van der Waals surface area contributed by atoms with Gasteiger partial charge in [0.15, 0.2) is 16.8 Å². The van der Waals surface area contributed by atoms with Crippen LogP contribution in [0.1, 0.15) is 0 Å². The number of benzene rings is 2. The van der Waals surface area contributed by atoms with Crippen LogP contribution in [-0.4, -0.2) is 10.3 Å². The SMILES string of the molecule is Nc1ccc(Oc2cc(F)ccc2Br)c2nonc12. The zero-order valence-corrected chi connectivity index (χ0v) is 11.0. The fraction of sp³-hybridized carbons (Fsp3) is 0. The molecule has 0 amide bonds. The molecule has 0 aliphatic heterocycles. The van der Waals surface area contributed by atoms with Crippen molar-refractivity contribution in [2.75, 3.05) is 5.73 Å². The Bertz CT molecular complexity index is 760. The van der Waals surface area contributed by atoms with Gasteiger partial charge in [-0.25, -0.2) is 9.02 Å². The summed E-state index contributed by atoms with van der Waals surface area (Å²) in [5.74, 6) is 0.314. The molecule has 0 saturated heterocycles. The molecule has 0 fully saturated rings. The van der Waals surface area contributed by atoms with E-state index in [1.807, 2.05) is 0 Å². The topological polar surface area (TPSA) is 74.2 Å². The molecule has 0 aliphatic carbocycles. The Hall–Kier alpha value is -2.15. The lowest BCUT2D eigenvalue weighted by Gasteiger charge is -2.08. The molecule has 0 atom stereocenters. The predicted octanol–water partition coefficient (Wildman–Crippen LogP) is 3.50. The Morgan fingerprint density at radius 2 is 1.89 bits per heavy atom. The summed E-state index contributed by atoms with van der Waals surface area (Å²) < 4.78 is 24.1. The first kappa shape index (κ1) is 11.9. The lowest BCUT2D eigenvalue weighted by atomic mass is 10.2. The molecule has 5 nitrogen and oxygen atoms in total. The van der Waals surface area contributed by atoms with Crippen LogP contribution in [0.2, 0.25) is 0 Å². The van der Waals surface area contributed by atoms with Crippen LogP contribution in [0.15, 0.2) is 39.4 Å². The number of fused-ring (bicyclic) bond motifs is 1. The normalized spacial score (nSPS) is 10.8. The maximum absolute atomic E-state index is 13.2. The van der Waals surface area contributed by atoms with Crippen LogP contribution in [0.4, 0.5) is 10.1 Å². The number of hydrogen-bond donors (Lipinski definition) is 1. The molecule has 0 bridgehead atoms. The zero-order chi connectivity index (χ0) is 13.4. The van der Waals surface area contributed by atoms with E-state index in [0.717, 1.165) is 0 Å². The average Bonchev–Trinajstić information content (AvgIpc) is 2.87. The molecule has 7 heteroatoms. The van der Waals surface area contributed by atoms with Gasteiger partial charge in [-0.05, 0) is 50.5 Å². The van der Waals surface area contributed by atoms with Gasteiger partial charge in [0, 0.05) is 6.07 Å². The maximum atomic E-state index is 13.2. The fourth-order valence-corrected chi connectivity index (χ4v) is 1.95. The maximum Gasteiger partial charge on any atom is 0.179 e. The standard InChI is InChI=1S/C12H7BrFN3O2/c13-7-2-1-6(14)5-10(7)18-9-4-3-8(15)11-12(9)17-19-16-11/h1-5H,15H2. The van der Waals surface area contributed by atoms with E-state index in [4.69, 9.17) is 10.5 Å². The largest absolute Gasteiger partial charge is 0.454 e. The van der Waals surface area contributed by atoms with Gasteiger partial charge in [0.2, 0.25) is 0 Å². The summed E-state index contributed by atoms with van der Waals surface area (Å²) in [6.45, 7) is 0. The molecule has 0 saturated carbocycles. The molecule has 2 N–H and O–H groups in total. The molecule has 0 unspecified atom stereocenters. The van der Waals surface area contributed by atoms with Crippen LogP contribution < -0.4 is 10.5 Å². The molecule has 19 heavy (non-hydrogen) atoms. The van der Waals surface area contributed by atoms with Crippen molar-refractivity contribution in [2.24, 2.45) is 0 Å². The summed E-state index contributed by atoms with van der Waals surface area (Å²) in [5, 5.41) is 7.41. The van der Waals surface area contributed by atoms with E-state index >= 15 is 0 Å². The fourth-order valence-electron chi connectivity index (χ4n) is 1.62. The van der Waals surface area contributed by atoms with Gasteiger partial charge in [-0.15, -0.1) is 0 Å². The molecule has 3 rings (SSSR count).